The first kappa shape index (κ1) is 15.6. The van der Waals surface area contributed by atoms with Crippen molar-refractivity contribution in [2.24, 2.45) is 5.92 Å². The number of nitrogens with one attached hydrogen (secondary N) is 1. The molecule has 3 heteroatoms. The van der Waals surface area contributed by atoms with E-state index in [1.165, 1.54) is 37.7 Å². The van der Waals surface area contributed by atoms with E-state index in [0.29, 0.717) is 6.61 Å². The first-order valence-corrected chi connectivity index (χ1v) is 8.16. The molecular weight excluding hydrogens is 250 g/mol. The molecule has 1 aromatic rings. The van der Waals surface area contributed by atoms with Gasteiger partial charge in [0.2, 0.25) is 0 Å². The third kappa shape index (κ3) is 4.95. The summed E-state index contributed by atoms with van der Waals surface area (Å²) in [5, 5.41) is 3.38. The van der Waals surface area contributed by atoms with E-state index in [-0.39, 0.29) is 0 Å². The second kappa shape index (κ2) is 8.48. The van der Waals surface area contributed by atoms with Crippen LogP contribution in [-0.4, -0.2) is 13.2 Å². The van der Waals surface area contributed by atoms with Crippen LogP contribution in [0.3, 0.4) is 0 Å². The zero-order valence-electron chi connectivity index (χ0n) is 13.0. The zero-order valence-corrected chi connectivity index (χ0v) is 13.0. The minimum Gasteiger partial charge on any atom is -0.462 e. The summed E-state index contributed by atoms with van der Waals surface area (Å²) in [6.07, 6.45) is 7.98. The smallest absolute Gasteiger partial charge is 0.130 e. The van der Waals surface area contributed by atoms with Crippen LogP contribution in [0.5, 0.6) is 0 Å². The van der Waals surface area contributed by atoms with Crippen LogP contribution in [0.1, 0.15) is 62.5 Å². The number of hydrogen-bond donors (Lipinski definition) is 1. The van der Waals surface area contributed by atoms with Crippen molar-refractivity contribution in [1.29, 1.82) is 0 Å². The van der Waals surface area contributed by atoms with E-state index in [0.717, 1.165) is 43.6 Å². The van der Waals surface area contributed by atoms with Crippen LogP contribution in [0.4, 0.5) is 0 Å². The fourth-order valence-electron chi connectivity index (χ4n) is 2.90. The van der Waals surface area contributed by atoms with Crippen molar-refractivity contribution < 1.29 is 9.15 Å². The van der Waals surface area contributed by atoms with E-state index < -0.39 is 0 Å². The maximum absolute atomic E-state index is 5.86. The molecule has 1 N–H and O–H groups in total. The molecule has 0 saturated heterocycles. The topological polar surface area (TPSA) is 34.4 Å². The van der Waals surface area contributed by atoms with Gasteiger partial charge in [-0.15, -0.1) is 0 Å². The minimum absolute atomic E-state index is 0.616. The average Bonchev–Trinajstić information content (AvgIpc) is 2.81. The standard InChI is InChI=1S/C17H29NO2/c1-3-9-18-11-17-14(2)10-16(20-17)13-19-12-15-7-5-4-6-8-15/h10,15,18H,3-9,11-13H2,1-2H3. The lowest BCUT2D eigenvalue weighted by Crippen LogP contribution is -2.14. The predicted octanol–water partition coefficient (Wildman–Crippen LogP) is 4.18. The zero-order chi connectivity index (χ0) is 14.2. The average molecular weight is 279 g/mol. The molecule has 1 saturated carbocycles. The highest BCUT2D eigenvalue weighted by Gasteiger charge is 2.14. The Morgan fingerprint density at radius 2 is 2.10 bits per heavy atom. The Morgan fingerprint density at radius 3 is 2.85 bits per heavy atom. The number of aryl methyl sites for hydroxylation is 1. The molecule has 0 atom stereocenters. The van der Waals surface area contributed by atoms with Gasteiger partial charge in [-0.05, 0) is 50.3 Å². The van der Waals surface area contributed by atoms with Crippen LogP contribution in [0.15, 0.2) is 10.5 Å². The van der Waals surface area contributed by atoms with Gasteiger partial charge in [-0.2, -0.15) is 0 Å². The summed E-state index contributed by atoms with van der Waals surface area (Å²) in [6.45, 7) is 7.65. The van der Waals surface area contributed by atoms with Crippen LogP contribution < -0.4 is 5.32 Å². The van der Waals surface area contributed by atoms with Crippen molar-refractivity contribution in [2.45, 2.75) is 65.5 Å². The Hall–Kier alpha value is -0.800. The molecular formula is C17H29NO2. The monoisotopic (exact) mass is 279 g/mol. The van der Waals surface area contributed by atoms with Crippen LogP contribution in [0, 0.1) is 12.8 Å². The lowest BCUT2D eigenvalue weighted by atomic mass is 9.90. The Morgan fingerprint density at radius 1 is 1.30 bits per heavy atom. The highest BCUT2D eigenvalue weighted by atomic mass is 16.5. The lowest BCUT2D eigenvalue weighted by Gasteiger charge is -2.20. The van der Waals surface area contributed by atoms with Crippen LogP contribution >= 0.6 is 0 Å². The van der Waals surface area contributed by atoms with Crippen molar-refractivity contribution in [3.8, 4) is 0 Å². The van der Waals surface area contributed by atoms with Crippen molar-refractivity contribution in [2.75, 3.05) is 13.2 Å². The first-order chi connectivity index (χ1) is 9.79. The maximum atomic E-state index is 5.86. The molecule has 0 radical (unpaired) electrons. The second-order valence-electron chi connectivity index (χ2n) is 6.01. The van der Waals surface area contributed by atoms with E-state index in [4.69, 9.17) is 9.15 Å². The normalized spacial score (nSPS) is 16.7. The summed E-state index contributed by atoms with van der Waals surface area (Å²) in [4.78, 5) is 0. The molecule has 1 fully saturated rings. The summed E-state index contributed by atoms with van der Waals surface area (Å²) < 4.78 is 11.7. The molecule has 1 aromatic heterocycles. The Kier molecular flexibility index (Phi) is 6.61. The molecule has 0 unspecified atom stereocenters. The highest BCUT2D eigenvalue weighted by Crippen LogP contribution is 2.24. The molecule has 114 valence electrons. The predicted molar refractivity (Wildman–Crippen MR) is 81.7 cm³/mol. The van der Waals surface area contributed by atoms with Gasteiger partial charge in [0.05, 0.1) is 6.54 Å². The van der Waals surface area contributed by atoms with Crippen LogP contribution in [0.2, 0.25) is 0 Å². The fraction of sp³-hybridized carbons (Fsp3) is 0.765. The third-order valence-corrected chi connectivity index (χ3v) is 4.11. The second-order valence-corrected chi connectivity index (χ2v) is 6.01. The van der Waals surface area contributed by atoms with Gasteiger partial charge < -0.3 is 14.5 Å². The van der Waals surface area contributed by atoms with E-state index in [1.54, 1.807) is 0 Å². The molecule has 2 rings (SSSR count). The van der Waals surface area contributed by atoms with E-state index in [9.17, 15) is 0 Å². The van der Waals surface area contributed by atoms with E-state index >= 15 is 0 Å². The van der Waals surface area contributed by atoms with Gasteiger partial charge in [0.25, 0.3) is 0 Å². The third-order valence-electron chi connectivity index (χ3n) is 4.11. The molecule has 1 aliphatic rings. The van der Waals surface area contributed by atoms with Crippen molar-refractivity contribution in [1.82, 2.24) is 5.32 Å². The molecule has 20 heavy (non-hydrogen) atoms. The number of hydrogen-bond acceptors (Lipinski definition) is 3. The molecule has 0 amide bonds. The van der Waals surface area contributed by atoms with Gasteiger partial charge in [0.15, 0.2) is 0 Å². The van der Waals surface area contributed by atoms with Crippen LogP contribution in [0.25, 0.3) is 0 Å². The number of rotatable bonds is 8. The lowest BCUT2D eigenvalue weighted by molar-refractivity contribution is 0.0631. The molecule has 1 heterocycles. The van der Waals surface area contributed by atoms with Gasteiger partial charge in [-0.3, -0.25) is 0 Å². The van der Waals surface area contributed by atoms with Crippen molar-refractivity contribution >= 4 is 0 Å². The Labute approximate surface area is 123 Å². The summed E-state index contributed by atoms with van der Waals surface area (Å²) in [7, 11) is 0. The highest BCUT2D eigenvalue weighted by molar-refractivity contribution is 5.19. The molecule has 0 bridgehead atoms. The first-order valence-electron chi connectivity index (χ1n) is 8.16. The van der Waals surface area contributed by atoms with E-state index in [1.807, 2.05) is 0 Å². The summed E-state index contributed by atoms with van der Waals surface area (Å²) in [5.74, 6) is 2.78. The molecule has 3 nitrogen and oxygen atoms in total. The molecule has 0 aromatic carbocycles. The summed E-state index contributed by atoms with van der Waals surface area (Å²) in [5.41, 5.74) is 1.23. The number of furan rings is 1. The molecule has 0 spiro atoms. The largest absolute Gasteiger partial charge is 0.462 e. The van der Waals surface area contributed by atoms with Gasteiger partial charge in [0.1, 0.15) is 18.1 Å². The Balaban J connectivity index is 1.71. The summed E-state index contributed by atoms with van der Waals surface area (Å²) in [6, 6.07) is 2.11. The van der Waals surface area contributed by atoms with Crippen LogP contribution in [-0.2, 0) is 17.9 Å². The Bertz CT molecular complexity index is 380. The SMILES string of the molecule is CCCNCc1oc(COCC2CCCCC2)cc1C. The summed E-state index contributed by atoms with van der Waals surface area (Å²) >= 11 is 0. The fourth-order valence-corrected chi connectivity index (χ4v) is 2.90. The quantitative estimate of drug-likeness (QED) is 0.725. The van der Waals surface area contributed by atoms with Crippen molar-refractivity contribution in [3.05, 3.63) is 23.2 Å². The van der Waals surface area contributed by atoms with Gasteiger partial charge in [-0.1, -0.05) is 26.2 Å². The van der Waals surface area contributed by atoms with Gasteiger partial charge in [-0.25, -0.2) is 0 Å². The van der Waals surface area contributed by atoms with Crippen molar-refractivity contribution in [3.63, 3.8) is 0 Å². The van der Waals surface area contributed by atoms with E-state index in [2.05, 4.69) is 25.2 Å². The molecule has 1 aliphatic carbocycles. The molecule has 0 aliphatic heterocycles. The van der Waals surface area contributed by atoms with Gasteiger partial charge in [0, 0.05) is 6.61 Å². The number of ether oxygens (including phenoxy) is 1. The minimum atomic E-state index is 0.616. The van der Waals surface area contributed by atoms with Gasteiger partial charge >= 0.3 is 0 Å². The maximum Gasteiger partial charge on any atom is 0.130 e.